The van der Waals surface area contributed by atoms with Crippen molar-refractivity contribution in [2.24, 2.45) is 0 Å². The monoisotopic (exact) mass is 499 g/mol. The number of allylic oxidation sites excluding steroid dienone is 2. The largest absolute Gasteiger partial charge is 0.490 e. The van der Waals surface area contributed by atoms with Crippen molar-refractivity contribution in [1.29, 1.82) is 0 Å². The topological polar surface area (TPSA) is 138 Å². The third-order valence-electron chi connectivity index (χ3n) is 6.48. The van der Waals surface area contributed by atoms with Crippen LogP contribution >= 0.6 is 0 Å². The molecule has 0 fully saturated rings. The predicted molar refractivity (Wildman–Crippen MR) is 141 cm³/mol. The summed E-state index contributed by atoms with van der Waals surface area (Å²) in [5.74, 6) is -0.123. The highest BCUT2D eigenvalue weighted by Crippen LogP contribution is 2.37. The number of hydrogen-bond acceptors (Lipinski definition) is 7. The Morgan fingerprint density at radius 1 is 1.11 bits per heavy atom. The number of aromatic amines is 1. The molecule has 37 heavy (non-hydrogen) atoms. The van der Waals surface area contributed by atoms with Crippen LogP contribution in [0.3, 0.4) is 0 Å². The molecule has 0 radical (unpaired) electrons. The maximum atomic E-state index is 13.1. The van der Waals surface area contributed by atoms with Crippen LogP contribution in [0.2, 0.25) is 0 Å². The average Bonchev–Trinajstić information content (AvgIpc) is 3.10. The molecule has 10 nitrogen and oxygen atoms in total. The minimum Gasteiger partial charge on any atom is -0.490 e. The SMILES string of the molecule is COc1cc(C2=CC3=C(CNc4cc(NC(=O)c5cc(C)[nH]c5C)ccc4N3)C(=O)C2)ccc1[N+](=O)[O-]. The van der Waals surface area contributed by atoms with Crippen molar-refractivity contribution in [3.63, 3.8) is 0 Å². The Hall–Kier alpha value is -4.86. The molecule has 1 amide bonds. The molecule has 4 N–H and O–H groups in total. The highest BCUT2D eigenvalue weighted by molar-refractivity contribution is 6.08. The molecule has 0 unspecified atom stereocenters. The fourth-order valence-corrected chi connectivity index (χ4v) is 4.63. The van der Waals surface area contributed by atoms with Gasteiger partial charge in [-0.15, -0.1) is 0 Å². The highest BCUT2D eigenvalue weighted by Gasteiger charge is 2.26. The molecular formula is C27H25N5O5. The van der Waals surface area contributed by atoms with E-state index in [9.17, 15) is 19.7 Å². The number of rotatable bonds is 5. The van der Waals surface area contributed by atoms with Gasteiger partial charge in [0.1, 0.15) is 0 Å². The van der Waals surface area contributed by atoms with E-state index in [1.165, 1.54) is 13.2 Å². The van der Waals surface area contributed by atoms with Crippen molar-refractivity contribution < 1.29 is 19.2 Å². The number of ether oxygens (including phenoxy) is 1. The number of nitrogens with zero attached hydrogens (tertiary/aromatic N) is 1. The molecule has 0 bridgehead atoms. The standard InChI is InChI=1S/C27H25N5O5/c1-14-8-19(15(2)29-14)27(34)30-18-5-6-21-23(12-18)28-13-20-22(31-21)9-17(10-25(20)33)16-4-7-24(32(35)36)26(11-16)37-3/h4-9,11-12,28-29,31H,10,13H2,1-3H3,(H,30,34). The number of nitrogens with one attached hydrogen (secondary N) is 4. The summed E-state index contributed by atoms with van der Waals surface area (Å²) in [6.07, 6.45) is 2.05. The first kappa shape index (κ1) is 23.9. The normalized spacial score (nSPS) is 14.5. The number of fused-ring (bicyclic) bond motifs is 1. The van der Waals surface area contributed by atoms with Gasteiger partial charge in [0.05, 0.1) is 29.0 Å². The quantitative estimate of drug-likeness (QED) is 0.288. The van der Waals surface area contributed by atoms with Gasteiger partial charge in [0.25, 0.3) is 5.91 Å². The van der Waals surface area contributed by atoms with Crippen LogP contribution in [0.4, 0.5) is 22.7 Å². The molecule has 5 rings (SSSR count). The van der Waals surface area contributed by atoms with Crippen molar-refractivity contribution in [3.05, 3.63) is 92.4 Å². The summed E-state index contributed by atoms with van der Waals surface area (Å²) in [4.78, 5) is 39.7. The molecule has 0 atom stereocenters. The van der Waals surface area contributed by atoms with Crippen molar-refractivity contribution in [2.45, 2.75) is 20.3 Å². The summed E-state index contributed by atoms with van der Waals surface area (Å²) in [5, 5.41) is 20.8. The van der Waals surface area contributed by atoms with E-state index in [-0.39, 0.29) is 29.5 Å². The highest BCUT2D eigenvalue weighted by atomic mass is 16.6. The summed E-state index contributed by atoms with van der Waals surface area (Å²) in [5.41, 5.74) is 6.95. The maximum Gasteiger partial charge on any atom is 0.310 e. The lowest BCUT2D eigenvalue weighted by Crippen LogP contribution is -2.18. The number of carbonyl (C=O) groups excluding carboxylic acids is 2. The Morgan fingerprint density at radius 3 is 2.62 bits per heavy atom. The lowest BCUT2D eigenvalue weighted by molar-refractivity contribution is -0.385. The Kier molecular flexibility index (Phi) is 6.00. The number of nitro groups is 1. The zero-order valence-electron chi connectivity index (χ0n) is 20.5. The third kappa shape index (κ3) is 4.56. The van der Waals surface area contributed by atoms with E-state index in [1.54, 1.807) is 18.2 Å². The van der Waals surface area contributed by atoms with E-state index in [4.69, 9.17) is 4.74 Å². The third-order valence-corrected chi connectivity index (χ3v) is 6.48. The first-order valence-corrected chi connectivity index (χ1v) is 11.7. The molecule has 2 aromatic carbocycles. The minimum absolute atomic E-state index is 0.0514. The van der Waals surface area contributed by atoms with Gasteiger partial charge in [-0.25, -0.2) is 0 Å². The zero-order valence-corrected chi connectivity index (χ0v) is 20.5. The van der Waals surface area contributed by atoms with Crippen LogP contribution in [-0.2, 0) is 4.79 Å². The van der Waals surface area contributed by atoms with Gasteiger partial charge in [-0.05, 0) is 67.5 Å². The number of amides is 1. The van der Waals surface area contributed by atoms with Gasteiger partial charge in [0, 0.05) is 47.4 Å². The molecule has 188 valence electrons. The van der Waals surface area contributed by atoms with Crippen LogP contribution in [0.1, 0.15) is 33.7 Å². The van der Waals surface area contributed by atoms with Crippen LogP contribution in [0.25, 0.3) is 5.57 Å². The van der Waals surface area contributed by atoms with Gasteiger partial charge < -0.3 is 25.7 Å². The number of hydrogen-bond donors (Lipinski definition) is 4. The molecule has 10 heteroatoms. The summed E-state index contributed by atoms with van der Waals surface area (Å²) in [6, 6.07) is 11.8. The molecular weight excluding hydrogens is 474 g/mol. The van der Waals surface area contributed by atoms with Gasteiger partial charge in [-0.3, -0.25) is 19.7 Å². The first-order valence-electron chi connectivity index (χ1n) is 11.7. The number of carbonyl (C=O) groups is 2. The van der Waals surface area contributed by atoms with Crippen LogP contribution in [0, 0.1) is 24.0 Å². The number of Topliss-reactive ketones (excluding diaryl/α,β-unsaturated/α-hetero) is 1. The Bertz CT molecular complexity index is 1530. The van der Waals surface area contributed by atoms with Crippen LogP contribution < -0.4 is 20.7 Å². The number of H-pyrrole nitrogens is 1. The van der Waals surface area contributed by atoms with Crippen molar-refractivity contribution in [3.8, 4) is 5.75 Å². The summed E-state index contributed by atoms with van der Waals surface area (Å²) < 4.78 is 5.19. The predicted octanol–water partition coefficient (Wildman–Crippen LogP) is 4.95. The number of ketones is 1. The van der Waals surface area contributed by atoms with E-state index in [0.717, 1.165) is 28.3 Å². The molecule has 2 heterocycles. The smallest absolute Gasteiger partial charge is 0.310 e. The van der Waals surface area contributed by atoms with Gasteiger partial charge in [0.2, 0.25) is 0 Å². The molecule has 1 aromatic heterocycles. The van der Waals surface area contributed by atoms with Gasteiger partial charge in [-0.2, -0.15) is 0 Å². The number of aryl methyl sites for hydroxylation is 2. The second-order valence-electron chi connectivity index (χ2n) is 8.99. The lowest BCUT2D eigenvalue weighted by atomic mass is 9.90. The molecule has 1 aliphatic carbocycles. The number of aromatic nitrogens is 1. The second kappa shape index (κ2) is 9.30. The Labute approximate surface area is 212 Å². The van der Waals surface area contributed by atoms with Crippen molar-refractivity contribution in [2.75, 3.05) is 29.6 Å². The fourth-order valence-electron chi connectivity index (χ4n) is 4.63. The molecule has 1 aliphatic heterocycles. The van der Waals surface area contributed by atoms with Crippen LogP contribution in [-0.4, -0.2) is 35.3 Å². The number of anilines is 3. The summed E-state index contributed by atoms with van der Waals surface area (Å²) in [6.45, 7) is 4.07. The minimum atomic E-state index is -0.504. The fraction of sp³-hybridized carbons (Fsp3) is 0.185. The van der Waals surface area contributed by atoms with E-state index < -0.39 is 4.92 Å². The first-order chi connectivity index (χ1) is 17.7. The second-order valence-corrected chi connectivity index (χ2v) is 8.99. The summed E-state index contributed by atoms with van der Waals surface area (Å²) >= 11 is 0. The van der Waals surface area contributed by atoms with E-state index in [0.29, 0.717) is 34.6 Å². The Balaban J connectivity index is 1.40. The number of benzene rings is 2. The van der Waals surface area contributed by atoms with Gasteiger partial charge >= 0.3 is 5.69 Å². The molecule has 0 saturated heterocycles. The number of methoxy groups -OCH3 is 1. The van der Waals surface area contributed by atoms with Gasteiger partial charge in [0.15, 0.2) is 11.5 Å². The van der Waals surface area contributed by atoms with Crippen molar-refractivity contribution >= 4 is 40.0 Å². The molecule has 3 aromatic rings. The number of nitro benzene ring substituents is 1. The summed E-state index contributed by atoms with van der Waals surface area (Å²) in [7, 11) is 1.37. The van der Waals surface area contributed by atoms with E-state index >= 15 is 0 Å². The molecule has 0 spiro atoms. The van der Waals surface area contributed by atoms with E-state index in [1.807, 2.05) is 38.1 Å². The van der Waals surface area contributed by atoms with Gasteiger partial charge in [-0.1, -0.05) is 0 Å². The van der Waals surface area contributed by atoms with E-state index in [2.05, 4.69) is 20.9 Å². The van der Waals surface area contributed by atoms with Crippen LogP contribution in [0.15, 0.2) is 59.8 Å². The molecule has 0 saturated carbocycles. The van der Waals surface area contributed by atoms with Crippen molar-refractivity contribution in [1.82, 2.24) is 4.98 Å². The average molecular weight is 500 g/mol. The lowest BCUT2D eigenvalue weighted by Gasteiger charge is -2.19. The Morgan fingerprint density at radius 2 is 1.92 bits per heavy atom. The zero-order chi connectivity index (χ0) is 26.3. The maximum absolute atomic E-state index is 13.1. The molecule has 2 aliphatic rings. The van der Waals surface area contributed by atoms with Crippen LogP contribution in [0.5, 0.6) is 5.75 Å².